The number of rotatable bonds is 2. The van der Waals surface area contributed by atoms with E-state index in [1.165, 1.54) is 37.4 Å². The largest absolute Gasteiger partial charge is 0.381 e. The van der Waals surface area contributed by atoms with Gasteiger partial charge < -0.3 is 5.11 Å². The molecule has 0 spiro atoms. The lowest BCUT2D eigenvalue weighted by molar-refractivity contribution is 0.0974. The number of hydrogen-bond acceptors (Lipinski definition) is 2. The number of pyridine rings is 1. The number of nitrogens with zero attached hydrogens (tertiary/aromatic N) is 1. The Morgan fingerprint density at radius 1 is 1.24 bits per heavy atom. The molecule has 1 unspecified atom stereocenters. The van der Waals surface area contributed by atoms with Gasteiger partial charge in [0.15, 0.2) is 0 Å². The van der Waals surface area contributed by atoms with Crippen molar-refractivity contribution in [2.24, 2.45) is 0 Å². The Balaban J connectivity index is 2.53. The summed E-state index contributed by atoms with van der Waals surface area (Å²) in [5.74, 6) is -1.10. The van der Waals surface area contributed by atoms with Gasteiger partial charge in [0.1, 0.15) is 17.2 Å². The predicted octanol–water partition coefficient (Wildman–Crippen LogP) is 2.62. The van der Waals surface area contributed by atoms with Crippen LogP contribution in [0.1, 0.15) is 18.1 Å². The Kier molecular flexibility index (Phi) is 2.90. The lowest BCUT2D eigenvalue weighted by Crippen LogP contribution is -2.24. The third-order valence-electron chi connectivity index (χ3n) is 2.68. The van der Waals surface area contributed by atoms with E-state index in [0.717, 1.165) is 6.20 Å². The summed E-state index contributed by atoms with van der Waals surface area (Å²) >= 11 is 0. The summed E-state index contributed by atoms with van der Waals surface area (Å²) in [4.78, 5) is 3.61. The first-order chi connectivity index (χ1) is 8.01. The molecule has 1 heterocycles. The average molecular weight is 235 g/mol. The van der Waals surface area contributed by atoms with E-state index in [-0.39, 0.29) is 5.56 Å². The fraction of sp³-hybridized carbons (Fsp3) is 0.154. The molecule has 0 saturated heterocycles. The van der Waals surface area contributed by atoms with Crippen molar-refractivity contribution in [3.63, 3.8) is 0 Å². The summed E-state index contributed by atoms with van der Waals surface area (Å²) in [6.45, 7) is 1.42. The van der Waals surface area contributed by atoms with Crippen LogP contribution < -0.4 is 0 Å². The topological polar surface area (TPSA) is 33.1 Å². The van der Waals surface area contributed by atoms with Crippen LogP contribution in [0.25, 0.3) is 0 Å². The first-order valence-electron chi connectivity index (χ1n) is 5.10. The van der Waals surface area contributed by atoms with Crippen molar-refractivity contribution in [1.29, 1.82) is 0 Å². The number of hydrogen-bond donors (Lipinski definition) is 1. The summed E-state index contributed by atoms with van der Waals surface area (Å²) in [5, 5.41) is 10.3. The zero-order valence-electron chi connectivity index (χ0n) is 9.19. The van der Waals surface area contributed by atoms with Gasteiger partial charge in [0, 0.05) is 11.8 Å². The van der Waals surface area contributed by atoms with Crippen molar-refractivity contribution in [2.75, 3.05) is 0 Å². The minimum atomic E-state index is -1.59. The van der Waals surface area contributed by atoms with Crippen LogP contribution in [0.15, 0.2) is 42.7 Å². The molecule has 0 bridgehead atoms. The van der Waals surface area contributed by atoms with E-state index in [1.54, 1.807) is 6.07 Å². The van der Waals surface area contributed by atoms with Crippen LogP contribution in [0.5, 0.6) is 0 Å². The van der Waals surface area contributed by atoms with Gasteiger partial charge in [-0.05, 0) is 30.7 Å². The highest BCUT2D eigenvalue weighted by atomic mass is 19.1. The van der Waals surface area contributed by atoms with Crippen LogP contribution in [-0.2, 0) is 5.60 Å². The molecule has 2 nitrogen and oxygen atoms in total. The van der Waals surface area contributed by atoms with Crippen LogP contribution in [0.2, 0.25) is 0 Å². The second-order valence-corrected chi connectivity index (χ2v) is 3.94. The highest BCUT2D eigenvalue weighted by molar-refractivity contribution is 5.34. The molecule has 1 atom stereocenters. The number of benzene rings is 1. The minimum Gasteiger partial charge on any atom is -0.381 e. The summed E-state index contributed by atoms with van der Waals surface area (Å²) in [6, 6.07) is 6.84. The van der Waals surface area contributed by atoms with Gasteiger partial charge in [-0.25, -0.2) is 8.78 Å². The van der Waals surface area contributed by atoms with E-state index in [0.29, 0.717) is 5.56 Å². The zero-order chi connectivity index (χ0) is 12.5. The van der Waals surface area contributed by atoms with E-state index < -0.39 is 17.2 Å². The Bertz CT molecular complexity index is 540. The van der Waals surface area contributed by atoms with Crippen molar-refractivity contribution >= 4 is 0 Å². The highest BCUT2D eigenvalue weighted by Gasteiger charge is 2.28. The molecule has 17 heavy (non-hydrogen) atoms. The van der Waals surface area contributed by atoms with Crippen molar-refractivity contribution in [3.05, 3.63) is 65.5 Å². The van der Waals surface area contributed by atoms with Crippen LogP contribution >= 0.6 is 0 Å². The maximum absolute atomic E-state index is 13.6. The fourth-order valence-electron chi connectivity index (χ4n) is 1.72. The fourth-order valence-corrected chi connectivity index (χ4v) is 1.72. The standard InChI is InChI=1S/C13H11F2NO/c1-13(17,9-3-2-4-10(14)7-9)11-5-6-16-8-12(11)15/h2-8,17H,1H3. The van der Waals surface area contributed by atoms with E-state index in [9.17, 15) is 13.9 Å². The molecular weight excluding hydrogens is 224 g/mol. The van der Waals surface area contributed by atoms with Gasteiger partial charge in [-0.1, -0.05) is 12.1 Å². The minimum absolute atomic E-state index is 0.0677. The molecule has 0 aliphatic carbocycles. The van der Waals surface area contributed by atoms with Crippen molar-refractivity contribution in [2.45, 2.75) is 12.5 Å². The SMILES string of the molecule is CC(O)(c1cccc(F)c1)c1ccncc1F. The normalized spacial score (nSPS) is 14.4. The van der Waals surface area contributed by atoms with Crippen LogP contribution in [0, 0.1) is 11.6 Å². The third kappa shape index (κ3) is 2.17. The lowest BCUT2D eigenvalue weighted by atomic mass is 9.88. The lowest BCUT2D eigenvalue weighted by Gasteiger charge is -2.24. The number of aromatic nitrogens is 1. The summed E-state index contributed by atoms with van der Waals surface area (Å²) in [5.41, 5.74) is -1.23. The first kappa shape index (κ1) is 11.7. The maximum Gasteiger partial charge on any atom is 0.147 e. The molecular formula is C13H11F2NO. The first-order valence-corrected chi connectivity index (χ1v) is 5.10. The molecule has 2 aromatic rings. The average Bonchev–Trinajstić information content (AvgIpc) is 2.29. The molecule has 1 N–H and O–H groups in total. The van der Waals surface area contributed by atoms with Crippen LogP contribution in [0.3, 0.4) is 0 Å². The molecule has 88 valence electrons. The van der Waals surface area contributed by atoms with Gasteiger partial charge in [0.2, 0.25) is 0 Å². The van der Waals surface area contributed by atoms with Crippen molar-refractivity contribution < 1.29 is 13.9 Å². The van der Waals surface area contributed by atoms with Gasteiger partial charge in [-0.3, -0.25) is 4.98 Å². The van der Waals surface area contributed by atoms with Gasteiger partial charge in [-0.2, -0.15) is 0 Å². The quantitative estimate of drug-likeness (QED) is 0.868. The van der Waals surface area contributed by atoms with Crippen LogP contribution in [0.4, 0.5) is 8.78 Å². The number of halogens is 2. The predicted molar refractivity (Wildman–Crippen MR) is 59.3 cm³/mol. The Hall–Kier alpha value is -1.81. The van der Waals surface area contributed by atoms with E-state index >= 15 is 0 Å². The molecule has 1 aromatic carbocycles. The monoisotopic (exact) mass is 235 g/mol. The molecule has 0 amide bonds. The third-order valence-corrected chi connectivity index (χ3v) is 2.68. The van der Waals surface area contributed by atoms with Gasteiger partial charge in [0.05, 0.1) is 6.20 Å². The summed E-state index contributed by atoms with van der Waals surface area (Å²) < 4.78 is 26.7. The Morgan fingerprint density at radius 3 is 2.65 bits per heavy atom. The number of aliphatic hydroxyl groups is 1. The van der Waals surface area contributed by atoms with E-state index in [2.05, 4.69) is 4.98 Å². The molecule has 0 aliphatic heterocycles. The van der Waals surface area contributed by atoms with Crippen molar-refractivity contribution in [1.82, 2.24) is 4.98 Å². The molecule has 2 rings (SSSR count). The Labute approximate surface area is 97.6 Å². The second kappa shape index (κ2) is 4.22. The van der Waals surface area contributed by atoms with E-state index in [1.807, 2.05) is 0 Å². The van der Waals surface area contributed by atoms with Gasteiger partial charge in [-0.15, -0.1) is 0 Å². The Morgan fingerprint density at radius 2 is 2.00 bits per heavy atom. The van der Waals surface area contributed by atoms with E-state index in [4.69, 9.17) is 0 Å². The molecule has 0 saturated carbocycles. The smallest absolute Gasteiger partial charge is 0.147 e. The molecule has 1 aromatic heterocycles. The molecule has 0 fully saturated rings. The maximum atomic E-state index is 13.6. The highest BCUT2D eigenvalue weighted by Crippen LogP contribution is 2.30. The second-order valence-electron chi connectivity index (χ2n) is 3.94. The molecule has 0 radical (unpaired) electrons. The van der Waals surface area contributed by atoms with Crippen LogP contribution in [-0.4, -0.2) is 10.1 Å². The summed E-state index contributed by atoms with van der Waals surface area (Å²) in [6.07, 6.45) is 2.40. The zero-order valence-corrected chi connectivity index (χ0v) is 9.19. The molecule has 0 aliphatic rings. The van der Waals surface area contributed by atoms with Gasteiger partial charge >= 0.3 is 0 Å². The summed E-state index contributed by atoms with van der Waals surface area (Å²) in [7, 11) is 0. The molecule has 4 heteroatoms. The van der Waals surface area contributed by atoms with Gasteiger partial charge in [0.25, 0.3) is 0 Å². The van der Waals surface area contributed by atoms with Crippen molar-refractivity contribution in [3.8, 4) is 0 Å².